The van der Waals surface area contributed by atoms with Gasteiger partial charge >= 0.3 is 6.09 Å². The van der Waals surface area contributed by atoms with Crippen molar-refractivity contribution >= 4 is 28.6 Å². The van der Waals surface area contributed by atoms with E-state index in [-0.39, 0.29) is 12.1 Å². The summed E-state index contributed by atoms with van der Waals surface area (Å²) in [5.41, 5.74) is 0.531. The van der Waals surface area contributed by atoms with Gasteiger partial charge in [0.2, 0.25) is 5.91 Å². The number of benzene rings is 3. The number of ether oxygens (including phenoxy) is 1. The van der Waals surface area contributed by atoms with Crippen LogP contribution in [0.1, 0.15) is 31.0 Å². The molecule has 0 radical (unpaired) electrons. The minimum atomic E-state index is -1.65. The van der Waals surface area contributed by atoms with Crippen LogP contribution in [0.15, 0.2) is 79.0 Å². The molecule has 2 atom stereocenters. The number of hydrogen-bond acceptors (Lipinski definition) is 3. The molecule has 2 amide bonds. The lowest BCUT2D eigenvalue weighted by Gasteiger charge is -2.39. The SMILES string of the molecule is COC(=O)N(c1ccc(F)cc1F)[C@](C)(Cc1c[nH]c2ccccc12)C(=O)N[C@@H](C)c1ccccc1. The van der Waals surface area contributed by atoms with Gasteiger partial charge in [-0.2, -0.15) is 0 Å². The summed E-state index contributed by atoms with van der Waals surface area (Å²) in [6.07, 6.45) is 0.828. The Kier molecular flexibility index (Phi) is 7.05. The van der Waals surface area contributed by atoms with Crippen molar-refractivity contribution in [2.75, 3.05) is 12.0 Å². The molecule has 4 aromatic rings. The molecule has 6 nitrogen and oxygen atoms in total. The Morgan fingerprint density at radius 1 is 1.06 bits per heavy atom. The maximum Gasteiger partial charge on any atom is 0.415 e. The third kappa shape index (κ3) is 4.79. The molecule has 0 spiro atoms. The predicted octanol–water partition coefficient (Wildman–Crippen LogP) is 5.90. The monoisotopic (exact) mass is 491 g/mol. The predicted molar refractivity (Wildman–Crippen MR) is 135 cm³/mol. The third-order valence-electron chi connectivity index (χ3n) is 6.35. The summed E-state index contributed by atoms with van der Waals surface area (Å²) >= 11 is 0. The summed E-state index contributed by atoms with van der Waals surface area (Å²) in [7, 11) is 1.15. The maximum atomic E-state index is 15.0. The molecule has 8 heteroatoms. The average Bonchev–Trinajstić information content (AvgIpc) is 3.28. The first-order valence-electron chi connectivity index (χ1n) is 11.5. The highest BCUT2D eigenvalue weighted by atomic mass is 19.1. The molecule has 0 aliphatic carbocycles. The third-order valence-corrected chi connectivity index (χ3v) is 6.35. The molecule has 0 saturated carbocycles. The van der Waals surface area contributed by atoms with Crippen LogP contribution in [-0.2, 0) is 16.0 Å². The zero-order valence-corrected chi connectivity index (χ0v) is 20.2. The highest BCUT2D eigenvalue weighted by Crippen LogP contribution is 2.34. The lowest BCUT2D eigenvalue weighted by Crippen LogP contribution is -2.61. The number of methoxy groups -OCH3 is 1. The van der Waals surface area contributed by atoms with Crippen LogP contribution in [-0.4, -0.2) is 29.6 Å². The summed E-state index contributed by atoms with van der Waals surface area (Å²) in [4.78, 5) is 31.2. The molecule has 0 bridgehead atoms. The number of nitrogens with one attached hydrogen (secondary N) is 2. The van der Waals surface area contributed by atoms with Gasteiger partial charge in [-0.3, -0.25) is 9.69 Å². The fourth-order valence-corrected chi connectivity index (χ4v) is 4.41. The van der Waals surface area contributed by atoms with E-state index in [0.29, 0.717) is 6.07 Å². The van der Waals surface area contributed by atoms with Crippen LogP contribution < -0.4 is 10.2 Å². The van der Waals surface area contributed by atoms with Gasteiger partial charge in [0, 0.05) is 29.6 Å². The van der Waals surface area contributed by atoms with Crippen molar-refractivity contribution in [3.63, 3.8) is 0 Å². The molecule has 0 saturated heterocycles. The second kappa shape index (κ2) is 10.2. The van der Waals surface area contributed by atoms with E-state index in [0.717, 1.165) is 46.2 Å². The van der Waals surface area contributed by atoms with E-state index in [9.17, 15) is 14.0 Å². The molecular formula is C28H27F2N3O3. The van der Waals surface area contributed by atoms with Crippen LogP contribution in [0.5, 0.6) is 0 Å². The number of para-hydroxylation sites is 1. The molecule has 36 heavy (non-hydrogen) atoms. The van der Waals surface area contributed by atoms with Crippen molar-refractivity contribution in [1.82, 2.24) is 10.3 Å². The second-order valence-electron chi connectivity index (χ2n) is 8.82. The van der Waals surface area contributed by atoms with Gasteiger partial charge in [0.05, 0.1) is 18.8 Å². The number of H-pyrrole nitrogens is 1. The zero-order chi connectivity index (χ0) is 25.9. The Hall–Kier alpha value is -4.20. The molecule has 0 unspecified atom stereocenters. The Morgan fingerprint density at radius 2 is 1.75 bits per heavy atom. The van der Waals surface area contributed by atoms with Gasteiger partial charge in [-0.05, 0) is 43.2 Å². The van der Waals surface area contributed by atoms with E-state index in [1.165, 1.54) is 0 Å². The van der Waals surface area contributed by atoms with Gasteiger partial charge in [0.1, 0.15) is 17.2 Å². The lowest BCUT2D eigenvalue weighted by molar-refractivity contribution is -0.126. The Balaban J connectivity index is 1.83. The summed E-state index contributed by atoms with van der Waals surface area (Å²) in [6, 6.07) is 19.3. The number of rotatable bonds is 7. The number of fused-ring (bicyclic) bond motifs is 1. The van der Waals surface area contributed by atoms with Crippen LogP contribution in [0.4, 0.5) is 19.3 Å². The molecule has 0 fully saturated rings. The summed E-state index contributed by atoms with van der Waals surface area (Å²) in [6.45, 7) is 3.36. The fourth-order valence-electron chi connectivity index (χ4n) is 4.41. The smallest absolute Gasteiger partial charge is 0.415 e. The first-order valence-corrected chi connectivity index (χ1v) is 11.5. The van der Waals surface area contributed by atoms with Crippen LogP contribution in [0.25, 0.3) is 10.9 Å². The van der Waals surface area contributed by atoms with E-state index in [1.54, 1.807) is 13.1 Å². The average molecular weight is 492 g/mol. The van der Waals surface area contributed by atoms with Gasteiger partial charge in [0.15, 0.2) is 0 Å². The molecule has 3 aromatic carbocycles. The highest BCUT2D eigenvalue weighted by Gasteiger charge is 2.46. The summed E-state index contributed by atoms with van der Waals surface area (Å²) < 4.78 is 33.7. The van der Waals surface area contributed by atoms with Crippen molar-refractivity contribution in [3.8, 4) is 0 Å². The van der Waals surface area contributed by atoms with E-state index in [1.807, 2.05) is 61.5 Å². The minimum absolute atomic E-state index is 0.0241. The summed E-state index contributed by atoms with van der Waals surface area (Å²) in [5, 5.41) is 3.82. The first kappa shape index (κ1) is 24.9. The van der Waals surface area contributed by atoms with Crippen LogP contribution in [0, 0.1) is 11.6 Å². The van der Waals surface area contributed by atoms with Crippen molar-refractivity contribution < 1.29 is 23.1 Å². The molecule has 1 heterocycles. The van der Waals surface area contributed by atoms with Gasteiger partial charge < -0.3 is 15.0 Å². The van der Waals surface area contributed by atoms with Crippen LogP contribution >= 0.6 is 0 Å². The highest BCUT2D eigenvalue weighted by molar-refractivity contribution is 6.01. The molecular weight excluding hydrogens is 464 g/mol. The van der Waals surface area contributed by atoms with Crippen molar-refractivity contribution in [2.45, 2.75) is 31.8 Å². The van der Waals surface area contributed by atoms with E-state index in [2.05, 4.69) is 10.3 Å². The standard InChI is InChI=1S/C28H27F2N3O3/c1-18(19-9-5-4-6-10-19)32-26(34)28(2,16-20-17-31-24-12-8-7-11-22(20)24)33(27(35)36-3)25-14-13-21(29)15-23(25)30/h4-15,17-18,31H,16H2,1-3H3,(H,32,34)/t18-,28+/m0/s1. The van der Waals surface area contributed by atoms with Gasteiger partial charge in [-0.25, -0.2) is 13.6 Å². The number of aromatic amines is 1. The van der Waals surface area contributed by atoms with E-state index in [4.69, 9.17) is 4.74 Å². The quantitative estimate of drug-likeness (QED) is 0.338. The van der Waals surface area contributed by atoms with Crippen LogP contribution in [0.2, 0.25) is 0 Å². The van der Waals surface area contributed by atoms with Crippen molar-refractivity contribution in [1.29, 1.82) is 0 Å². The zero-order valence-electron chi connectivity index (χ0n) is 20.2. The van der Waals surface area contributed by atoms with Crippen LogP contribution in [0.3, 0.4) is 0 Å². The first-order chi connectivity index (χ1) is 17.2. The number of nitrogens with zero attached hydrogens (tertiary/aromatic N) is 1. The number of hydrogen-bond donors (Lipinski definition) is 2. The number of carbonyl (C=O) groups is 2. The summed E-state index contributed by atoms with van der Waals surface area (Å²) in [5.74, 6) is -2.32. The number of carbonyl (C=O) groups excluding carboxylic acids is 2. The molecule has 4 rings (SSSR count). The Morgan fingerprint density at radius 3 is 2.44 bits per heavy atom. The van der Waals surface area contributed by atoms with E-state index < -0.39 is 35.2 Å². The Bertz CT molecular complexity index is 1390. The number of anilines is 1. The number of amides is 2. The molecule has 0 aliphatic heterocycles. The van der Waals surface area contributed by atoms with Crippen molar-refractivity contribution in [2.24, 2.45) is 0 Å². The van der Waals surface area contributed by atoms with E-state index >= 15 is 4.39 Å². The van der Waals surface area contributed by atoms with Gasteiger partial charge in [-0.1, -0.05) is 48.5 Å². The molecule has 2 N–H and O–H groups in total. The number of halogens is 2. The lowest BCUT2D eigenvalue weighted by atomic mass is 9.88. The second-order valence-corrected chi connectivity index (χ2v) is 8.82. The van der Waals surface area contributed by atoms with Gasteiger partial charge in [-0.15, -0.1) is 0 Å². The van der Waals surface area contributed by atoms with Crippen molar-refractivity contribution in [3.05, 3.63) is 102 Å². The van der Waals surface area contributed by atoms with Gasteiger partial charge in [0.25, 0.3) is 0 Å². The molecule has 0 aliphatic rings. The fraction of sp³-hybridized carbons (Fsp3) is 0.214. The Labute approximate surface area is 207 Å². The normalized spacial score (nSPS) is 13.6. The minimum Gasteiger partial charge on any atom is -0.452 e. The molecule has 1 aromatic heterocycles. The largest absolute Gasteiger partial charge is 0.452 e. The number of aromatic nitrogens is 1. The topological polar surface area (TPSA) is 74.4 Å². The maximum absolute atomic E-state index is 15.0. The molecule has 186 valence electrons.